The van der Waals surface area contributed by atoms with E-state index in [0.717, 1.165) is 0 Å². The summed E-state index contributed by atoms with van der Waals surface area (Å²) < 4.78 is 42.7. The zero-order valence-corrected chi connectivity index (χ0v) is 8.94. The topological polar surface area (TPSA) is 21.3 Å². The first-order valence-corrected chi connectivity index (χ1v) is 5.34. The summed E-state index contributed by atoms with van der Waals surface area (Å²) in [5.41, 5.74) is 0. The summed E-state index contributed by atoms with van der Waals surface area (Å²) in [4.78, 5) is 0. The monoisotopic (exact) mass is 225 g/mol. The molecule has 5 heteroatoms. The van der Waals surface area contributed by atoms with Gasteiger partial charge in [-0.15, -0.1) is 0 Å². The highest BCUT2D eigenvalue weighted by Crippen LogP contribution is 2.35. The van der Waals surface area contributed by atoms with Crippen molar-refractivity contribution in [2.75, 3.05) is 20.3 Å². The maximum absolute atomic E-state index is 12.6. The summed E-state index contributed by atoms with van der Waals surface area (Å²) in [7, 11) is 1.57. The van der Waals surface area contributed by atoms with Crippen LogP contribution in [0.1, 0.15) is 25.7 Å². The molecular weight excluding hydrogens is 207 g/mol. The van der Waals surface area contributed by atoms with E-state index in [1.807, 2.05) is 0 Å². The van der Waals surface area contributed by atoms with Gasteiger partial charge in [0.15, 0.2) is 0 Å². The Bertz CT molecular complexity index is 184. The molecule has 0 saturated carbocycles. The van der Waals surface area contributed by atoms with E-state index in [0.29, 0.717) is 32.4 Å². The van der Waals surface area contributed by atoms with E-state index >= 15 is 0 Å². The van der Waals surface area contributed by atoms with Gasteiger partial charge in [-0.05, 0) is 32.2 Å². The van der Waals surface area contributed by atoms with Crippen molar-refractivity contribution in [3.05, 3.63) is 0 Å². The molecule has 1 aliphatic heterocycles. The van der Waals surface area contributed by atoms with Crippen LogP contribution in [0.4, 0.5) is 13.2 Å². The molecule has 0 bridgehead atoms. The largest absolute Gasteiger partial charge is 0.393 e. The highest BCUT2D eigenvalue weighted by molar-refractivity contribution is 4.85. The van der Waals surface area contributed by atoms with Gasteiger partial charge in [0.2, 0.25) is 0 Å². The fourth-order valence-corrected chi connectivity index (χ4v) is 2.10. The van der Waals surface area contributed by atoms with Crippen molar-refractivity contribution in [2.24, 2.45) is 5.92 Å². The van der Waals surface area contributed by atoms with Crippen LogP contribution < -0.4 is 5.32 Å². The second-order valence-corrected chi connectivity index (χ2v) is 3.99. The molecule has 0 amide bonds. The van der Waals surface area contributed by atoms with Crippen LogP contribution in [-0.2, 0) is 4.74 Å². The Morgan fingerprint density at radius 3 is 2.73 bits per heavy atom. The number of halogens is 3. The molecule has 2 unspecified atom stereocenters. The summed E-state index contributed by atoms with van der Waals surface area (Å²) >= 11 is 0. The van der Waals surface area contributed by atoms with Gasteiger partial charge in [0.05, 0.1) is 5.92 Å². The van der Waals surface area contributed by atoms with Gasteiger partial charge in [-0.3, -0.25) is 0 Å². The molecule has 1 heterocycles. The highest BCUT2D eigenvalue weighted by Gasteiger charge is 2.44. The highest BCUT2D eigenvalue weighted by atomic mass is 19.4. The number of alkyl halides is 3. The summed E-state index contributed by atoms with van der Waals surface area (Å²) in [6, 6.07) is -0.422. The van der Waals surface area contributed by atoms with Crippen molar-refractivity contribution in [1.29, 1.82) is 0 Å². The van der Waals surface area contributed by atoms with Crippen LogP contribution in [0.25, 0.3) is 0 Å². The Kier molecular flexibility index (Phi) is 4.86. The second-order valence-electron chi connectivity index (χ2n) is 3.99. The lowest BCUT2D eigenvalue weighted by Crippen LogP contribution is -2.47. The van der Waals surface area contributed by atoms with E-state index in [-0.39, 0.29) is 6.42 Å². The standard InChI is InChI=1S/C10H18F3NO/c1-15-7-3-5-9-8(10(11,12)13)4-2-6-14-9/h8-9,14H,2-7H2,1H3. The summed E-state index contributed by atoms with van der Waals surface area (Å²) in [5, 5.41) is 2.96. The van der Waals surface area contributed by atoms with E-state index in [9.17, 15) is 13.2 Å². The minimum absolute atomic E-state index is 0.258. The van der Waals surface area contributed by atoms with Gasteiger partial charge in [0.1, 0.15) is 0 Å². The molecule has 0 aliphatic carbocycles. The van der Waals surface area contributed by atoms with Gasteiger partial charge in [-0.2, -0.15) is 13.2 Å². The van der Waals surface area contributed by atoms with Crippen molar-refractivity contribution in [3.63, 3.8) is 0 Å². The third-order valence-corrected chi connectivity index (χ3v) is 2.87. The third-order valence-electron chi connectivity index (χ3n) is 2.87. The minimum atomic E-state index is -4.06. The first-order valence-electron chi connectivity index (χ1n) is 5.34. The Hall–Kier alpha value is -0.290. The average molecular weight is 225 g/mol. The number of hydrogen-bond donors (Lipinski definition) is 1. The Morgan fingerprint density at radius 1 is 1.40 bits per heavy atom. The Morgan fingerprint density at radius 2 is 2.13 bits per heavy atom. The maximum atomic E-state index is 12.6. The van der Waals surface area contributed by atoms with Crippen molar-refractivity contribution in [2.45, 2.75) is 37.9 Å². The number of hydrogen-bond acceptors (Lipinski definition) is 2. The molecule has 0 radical (unpaired) electrons. The fourth-order valence-electron chi connectivity index (χ4n) is 2.10. The van der Waals surface area contributed by atoms with E-state index in [1.165, 1.54) is 0 Å². The van der Waals surface area contributed by atoms with E-state index in [2.05, 4.69) is 5.32 Å². The first-order chi connectivity index (χ1) is 7.05. The third kappa shape index (κ3) is 3.99. The minimum Gasteiger partial charge on any atom is -0.385 e. The van der Waals surface area contributed by atoms with Crippen LogP contribution in [0, 0.1) is 5.92 Å². The Labute approximate surface area is 88.2 Å². The quantitative estimate of drug-likeness (QED) is 0.741. The van der Waals surface area contributed by atoms with Gasteiger partial charge < -0.3 is 10.1 Å². The van der Waals surface area contributed by atoms with Crippen LogP contribution >= 0.6 is 0 Å². The molecule has 2 nitrogen and oxygen atoms in total. The molecule has 2 atom stereocenters. The number of rotatable bonds is 4. The molecule has 1 N–H and O–H groups in total. The van der Waals surface area contributed by atoms with Crippen LogP contribution in [-0.4, -0.2) is 32.5 Å². The molecule has 0 aromatic carbocycles. The number of methoxy groups -OCH3 is 1. The molecule has 0 spiro atoms. The van der Waals surface area contributed by atoms with Gasteiger partial charge in [-0.1, -0.05) is 0 Å². The van der Waals surface area contributed by atoms with Gasteiger partial charge in [0, 0.05) is 19.8 Å². The van der Waals surface area contributed by atoms with Crippen LogP contribution in [0.2, 0.25) is 0 Å². The van der Waals surface area contributed by atoms with E-state index < -0.39 is 18.1 Å². The summed E-state index contributed by atoms with van der Waals surface area (Å²) in [5.74, 6) is -1.18. The number of piperidine rings is 1. The van der Waals surface area contributed by atoms with Gasteiger partial charge >= 0.3 is 6.18 Å². The zero-order valence-electron chi connectivity index (χ0n) is 8.94. The molecule has 90 valence electrons. The van der Waals surface area contributed by atoms with E-state index in [4.69, 9.17) is 4.74 Å². The second kappa shape index (κ2) is 5.70. The lowest BCUT2D eigenvalue weighted by molar-refractivity contribution is -0.189. The normalized spacial score (nSPS) is 28.0. The Balaban J connectivity index is 2.43. The molecule has 1 rings (SSSR count). The lowest BCUT2D eigenvalue weighted by atomic mass is 9.87. The van der Waals surface area contributed by atoms with Crippen LogP contribution in [0.3, 0.4) is 0 Å². The lowest BCUT2D eigenvalue weighted by Gasteiger charge is -2.34. The summed E-state index contributed by atoms with van der Waals surface area (Å²) in [6.07, 6.45) is -1.97. The summed E-state index contributed by atoms with van der Waals surface area (Å²) in [6.45, 7) is 1.23. The van der Waals surface area contributed by atoms with Crippen LogP contribution in [0.15, 0.2) is 0 Å². The molecule has 0 aromatic rings. The fraction of sp³-hybridized carbons (Fsp3) is 1.00. The predicted octanol–water partition coefficient (Wildman–Crippen LogP) is 2.34. The number of ether oxygens (including phenoxy) is 1. The average Bonchev–Trinajstić information content (AvgIpc) is 2.17. The first kappa shape index (κ1) is 12.8. The smallest absolute Gasteiger partial charge is 0.385 e. The maximum Gasteiger partial charge on any atom is 0.393 e. The number of nitrogens with one attached hydrogen (secondary N) is 1. The van der Waals surface area contributed by atoms with E-state index in [1.54, 1.807) is 7.11 Å². The molecule has 0 aromatic heterocycles. The molecule has 1 fully saturated rings. The zero-order chi connectivity index (χ0) is 11.3. The van der Waals surface area contributed by atoms with Crippen molar-refractivity contribution in [3.8, 4) is 0 Å². The SMILES string of the molecule is COCCCC1NCCCC1C(F)(F)F. The van der Waals surface area contributed by atoms with Crippen molar-refractivity contribution >= 4 is 0 Å². The molecule has 15 heavy (non-hydrogen) atoms. The molecular formula is C10H18F3NO. The van der Waals surface area contributed by atoms with Crippen LogP contribution in [0.5, 0.6) is 0 Å². The molecule has 1 saturated heterocycles. The van der Waals surface area contributed by atoms with Gasteiger partial charge in [-0.25, -0.2) is 0 Å². The van der Waals surface area contributed by atoms with Crippen molar-refractivity contribution in [1.82, 2.24) is 5.32 Å². The van der Waals surface area contributed by atoms with Gasteiger partial charge in [0.25, 0.3) is 0 Å². The van der Waals surface area contributed by atoms with Crippen molar-refractivity contribution < 1.29 is 17.9 Å². The molecule has 1 aliphatic rings. The predicted molar refractivity (Wildman–Crippen MR) is 51.7 cm³/mol.